The molecular weight excluding hydrogens is 316 g/mol. The zero-order chi connectivity index (χ0) is 17.6. The Labute approximate surface area is 146 Å². The van der Waals surface area contributed by atoms with Crippen LogP contribution in [0.25, 0.3) is 0 Å². The monoisotopic (exact) mass is 336 g/mol. The first-order valence-corrected chi connectivity index (χ1v) is 8.38. The number of carbonyl (C=O) groups is 2. The van der Waals surface area contributed by atoms with Gasteiger partial charge in [0.15, 0.2) is 0 Å². The Balaban J connectivity index is 1.82. The van der Waals surface area contributed by atoms with Gasteiger partial charge in [0.1, 0.15) is 5.66 Å². The van der Waals surface area contributed by atoms with Crippen molar-refractivity contribution in [1.82, 2.24) is 0 Å². The number of benzene rings is 2. The Bertz CT molecular complexity index is 758. The van der Waals surface area contributed by atoms with Crippen molar-refractivity contribution in [3.8, 4) is 0 Å². The highest BCUT2D eigenvalue weighted by molar-refractivity contribution is 6.05. The minimum Gasteiger partial charge on any atom is -0.399 e. The average Bonchev–Trinajstić information content (AvgIpc) is 3.10. The highest BCUT2D eigenvalue weighted by Crippen LogP contribution is 2.47. The molecule has 0 atom stereocenters. The van der Waals surface area contributed by atoms with Crippen molar-refractivity contribution < 1.29 is 9.59 Å². The van der Waals surface area contributed by atoms with E-state index in [0.29, 0.717) is 37.1 Å². The van der Waals surface area contributed by atoms with Crippen molar-refractivity contribution >= 4 is 34.6 Å². The van der Waals surface area contributed by atoms with Crippen molar-refractivity contribution in [2.45, 2.75) is 31.3 Å². The second-order valence-corrected chi connectivity index (χ2v) is 6.62. The van der Waals surface area contributed by atoms with Crippen molar-refractivity contribution in [2.75, 3.05) is 21.3 Å². The Morgan fingerprint density at radius 1 is 0.680 bits per heavy atom. The highest BCUT2D eigenvalue weighted by Gasteiger charge is 2.56. The maximum Gasteiger partial charge on any atom is 0.229 e. The summed E-state index contributed by atoms with van der Waals surface area (Å²) in [5.41, 5.74) is 13.7. The number of hydrogen-bond acceptors (Lipinski definition) is 4. The molecule has 2 amide bonds. The third-order valence-corrected chi connectivity index (χ3v) is 5.11. The Hall–Kier alpha value is -3.02. The van der Waals surface area contributed by atoms with E-state index in [-0.39, 0.29) is 11.8 Å². The molecule has 4 rings (SSSR count). The summed E-state index contributed by atoms with van der Waals surface area (Å²) in [5.74, 6) is 0.0554. The van der Waals surface area contributed by atoms with Crippen LogP contribution in [0.1, 0.15) is 25.7 Å². The lowest BCUT2D eigenvalue weighted by atomic mass is 10.0. The van der Waals surface area contributed by atoms with Crippen LogP contribution < -0.4 is 21.3 Å². The van der Waals surface area contributed by atoms with Gasteiger partial charge in [-0.1, -0.05) is 0 Å². The van der Waals surface area contributed by atoms with E-state index in [2.05, 4.69) is 0 Å². The molecule has 0 bridgehead atoms. The fourth-order valence-electron chi connectivity index (χ4n) is 3.99. The van der Waals surface area contributed by atoms with Crippen LogP contribution >= 0.6 is 0 Å². The predicted octanol–water partition coefficient (Wildman–Crippen LogP) is 2.50. The van der Waals surface area contributed by atoms with E-state index in [4.69, 9.17) is 11.5 Å². The highest BCUT2D eigenvalue weighted by atomic mass is 16.2. The molecule has 128 valence electrons. The minimum absolute atomic E-state index is 0.0277. The number of hydrogen-bond donors (Lipinski definition) is 2. The predicted molar refractivity (Wildman–Crippen MR) is 97.9 cm³/mol. The van der Waals surface area contributed by atoms with Crippen molar-refractivity contribution in [2.24, 2.45) is 0 Å². The van der Waals surface area contributed by atoms with Crippen LogP contribution in [0.2, 0.25) is 0 Å². The lowest BCUT2D eigenvalue weighted by Crippen LogP contribution is -2.56. The number of nitrogen functional groups attached to an aromatic ring is 2. The topological polar surface area (TPSA) is 92.7 Å². The van der Waals surface area contributed by atoms with Gasteiger partial charge < -0.3 is 11.5 Å². The molecule has 4 N–H and O–H groups in total. The first kappa shape index (κ1) is 15.5. The van der Waals surface area contributed by atoms with Gasteiger partial charge in [-0.2, -0.15) is 0 Å². The smallest absolute Gasteiger partial charge is 0.229 e. The Morgan fingerprint density at radius 3 is 1.40 bits per heavy atom. The maximum absolute atomic E-state index is 12.7. The Kier molecular flexibility index (Phi) is 3.42. The number of amides is 2. The van der Waals surface area contributed by atoms with Gasteiger partial charge in [-0.25, -0.2) is 0 Å². The third-order valence-electron chi connectivity index (χ3n) is 5.11. The standard InChI is InChI=1S/C19H20N4O2/c20-13-1-5-15(6-2-13)22-17(24)9-11-19(22)12-10-18(25)23(19)16-7-3-14(21)4-8-16/h1-8H,9-12,20-21H2. The van der Waals surface area contributed by atoms with Crippen LogP contribution in [-0.4, -0.2) is 17.5 Å². The molecule has 2 aliphatic heterocycles. The second-order valence-electron chi connectivity index (χ2n) is 6.62. The summed E-state index contributed by atoms with van der Waals surface area (Å²) in [7, 11) is 0. The third kappa shape index (κ3) is 2.33. The number of nitrogens with two attached hydrogens (primary N) is 2. The van der Waals surface area contributed by atoms with Crippen LogP contribution in [0, 0.1) is 0 Å². The molecule has 2 aromatic rings. The molecule has 2 aliphatic rings. The van der Waals surface area contributed by atoms with Crippen molar-refractivity contribution in [3.05, 3.63) is 48.5 Å². The van der Waals surface area contributed by atoms with Crippen LogP contribution in [-0.2, 0) is 9.59 Å². The van der Waals surface area contributed by atoms with Crippen LogP contribution in [0.5, 0.6) is 0 Å². The summed E-state index contributed by atoms with van der Waals surface area (Å²) < 4.78 is 0. The molecule has 2 heterocycles. The molecule has 0 aromatic heterocycles. The number of carbonyl (C=O) groups excluding carboxylic acids is 2. The van der Waals surface area contributed by atoms with Gasteiger partial charge >= 0.3 is 0 Å². The van der Waals surface area contributed by atoms with E-state index in [1.54, 1.807) is 34.1 Å². The van der Waals surface area contributed by atoms with Gasteiger partial charge in [-0.15, -0.1) is 0 Å². The van der Waals surface area contributed by atoms with E-state index in [1.165, 1.54) is 0 Å². The molecule has 2 aromatic carbocycles. The number of rotatable bonds is 2. The quantitative estimate of drug-likeness (QED) is 0.824. The van der Waals surface area contributed by atoms with Gasteiger partial charge in [0.05, 0.1) is 0 Å². The summed E-state index contributed by atoms with van der Waals surface area (Å²) in [6, 6.07) is 14.5. The normalized spacial score (nSPS) is 19.2. The maximum atomic E-state index is 12.7. The lowest BCUT2D eigenvalue weighted by molar-refractivity contribution is -0.117. The molecule has 1 spiro atoms. The van der Waals surface area contributed by atoms with Gasteiger partial charge in [0.25, 0.3) is 0 Å². The summed E-state index contributed by atoms with van der Waals surface area (Å²) in [6.45, 7) is 0. The SMILES string of the molecule is Nc1ccc(N2C(=O)CCC23CCC(=O)N3c2ccc(N)cc2)cc1. The fraction of sp³-hybridized carbons (Fsp3) is 0.263. The number of nitrogens with zero attached hydrogens (tertiary/aromatic N) is 2. The molecule has 0 unspecified atom stereocenters. The molecule has 25 heavy (non-hydrogen) atoms. The molecule has 2 fully saturated rings. The first-order chi connectivity index (χ1) is 12.0. The molecule has 0 radical (unpaired) electrons. The first-order valence-electron chi connectivity index (χ1n) is 8.38. The molecule has 2 saturated heterocycles. The van der Waals surface area contributed by atoms with Crippen LogP contribution in [0.4, 0.5) is 22.7 Å². The molecule has 0 aliphatic carbocycles. The van der Waals surface area contributed by atoms with E-state index in [1.807, 2.05) is 24.3 Å². The summed E-state index contributed by atoms with van der Waals surface area (Å²) in [4.78, 5) is 28.9. The lowest BCUT2D eigenvalue weighted by Gasteiger charge is -2.42. The molecule has 6 heteroatoms. The van der Waals surface area contributed by atoms with Gasteiger partial charge in [0, 0.05) is 35.6 Å². The zero-order valence-corrected chi connectivity index (χ0v) is 13.8. The van der Waals surface area contributed by atoms with Gasteiger partial charge in [-0.3, -0.25) is 19.4 Å². The largest absolute Gasteiger partial charge is 0.399 e. The molecule has 0 saturated carbocycles. The fourth-order valence-corrected chi connectivity index (χ4v) is 3.99. The Morgan fingerprint density at radius 2 is 1.04 bits per heavy atom. The summed E-state index contributed by atoms with van der Waals surface area (Å²) >= 11 is 0. The van der Waals surface area contributed by atoms with Crippen LogP contribution in [0.15, 0.2) is 48.5 Å². The van der Waals surface area contributed by atoms with Crippen molar-refractivity contribution in [3.63, 3.8) is 0 Å². The summed E-state index contributed by atoms with van der Waals surface area (Å²) in [5, 5.41) is 0. The van der Waals surface area contributed by atoms with E-state index in [9.17, 15) is 9.59 Å². The molecular formula is C19H20N4O2. The average molecular weight is 336 g/mol. The van der Waals surface area contributed by atoms with Crippen LogP contribution in [0.3, 0.4) is 0 Å². The number of anilines is 4. The zero-order valence-electron chi connectivity index (χ0n) is 13.8. The summed E-state index contributed by atoms with van der Waals surface area (Å²) in [6.07, 6.45) is 2.07. The van der Waals surface area contributed by atoms with E-state index in [0.717, 1.165) is 11.4 Å². The van der Waals surface area contributed by atoms with Gasteiger partial charge in [-0.05, 0) is 61.4 Å². The van der Waals surface area contributed by atoms with E-state index < -0.39 is 5.66 Å². The molecule has 6 nitrogen and oxygen atoms in total. The minimum atomic E-state index is -0.652. The van der Waals surface area contributed by atoms with E-state index >= 15 is 0 Å². The second kappa shape index (κ2) is 5.51. The van der Waals surface area contributed by atoms with Gasteiger partial charge in [0.2, 0.25) is 11.8 Å². The van der Waals surface area contributed by atoms with Crippen molar-refractivity contribution in [1.29, 1.82) is 0 Å².